The first-order valence-electron chi connectivity index (χ1n) is 6.22. The Bertz CT molecular complexity index is 622. The van der Waals surface area contributed by atoms with Gasteiger partial charge in [-0.1, -0.05) is 12.1 Å². The minimum absolute atomic E-state index is 0.108. The van der Waals surface area contributed by atoms with Crippen molar-refractivity contribution in [1.82, 2.24) is 0 Å². The zero-order valence-electron chi connectivity index (χ0n) is 11.1. The number of ether oxygens (including phenoxy) is 1. The molecule has 2 aromatic carbocycles. The number of rotatable bonds is 5. The third kappa shape index (κ3) is 4.39. The van der Waals surface area contributed by atoms with Crippen molar-refractivity contribution in [3.63, 3.8) is 0 Å². The molecular weight excluding hydrogens is 347 g/mol. The fourth-order valence-electron chi connectivity index (χ4n) is 1.88. The number of halogens is 4. The minimum Gasteiger partial charge on any atom is -0.435 e. The smallest absolute Gasteiger partial charge is 0.387 e. The highest BCUT2D eigenvalue weighted by Crippen LogP contribution is 2.26. The first-order chi connectivity index (χ1) is 9.95. The fourth-order valence-corrected chi connectivity index (χ4v) is 2.26. The highest BCUT2D eigenvalue weighted by Gasteiger charge is 2.10. The molecule has 0 radical (unpaired) electrons. The van der Waals surface area contributed by atoms with E-state index in [9.17, 15) is 13.2 Å². The highest BCUT2D eigenvalue weighted by molar-refractivity contribution is 9.10. The molecular formula is C15H13BrF3NO. The number of benzene rings is 2. The van der Waals surface area contributed by atoms with Gasteiger partial charge in [0.25, 0.3) is 0 Å². The average molecular weight is 360 g/mol. The molecule has 1 atom stereocenters. The summed E-state index contributed by atoms with van der Waals surface area (Å²) in [5.74, 6) is -0.239. The number of hydrogen-bond acceptors (Lipinski definition) is 2. The Morgan fingerprint density at radius 1 is 1.14 bits per heavy atom. The third-order valence-corrected chi connectivity index (χ3v) is 3.49. The van der Waals surface area contributed by atoms with Crippen molar-refractivity contribution in [2.24, 2.45) is 0 Å². The lowest BCUT2D eigenvalue weighted by Crippen LogP contribution is -2.08. The van der Waals surface area contributed by atoms with E-state index >= 15 is 0 Å². The van der Waals surface area contributed by atoms with Gasteiger partial charge in [0.05, 0.1) is 4.47 Å². The molecule has 0 amide bonds. The molecule has 1 unspecified atom stereocenters. The summed E-state index contributed by atoms with van der Waals surface area (Å²) in [4.78, 5) is 0. The molecule has 0 saturated heterocycles. The molecule has 0 aliphatic heterocycles. The average Bonchev–Trinajstić information content (AvgIpc) is 2.42. The summed E-state index contributed by atoms with van der Waals surface area (Å²) in [6, 6.07) is 10.9. The van der Waals surface area contributed by atoms with Crippen LogP contribution in [0.5, 0.6) is 5.75 Å². The van der Waals surface area contributed by atoms with Crippen LogP contribution in [0.1, 0.15) is 18.5 Å². The van der Waals surface area contributed by atoms with Gasteiger partial charge >= 0.3 is 6.61 Å². The quantitative estimate of drug-likeness (QED) is 0.775. The molecule has 1 N–H and O–H groups in total. The Balaban J connectivity index is 2.12. The van der Waals surface area contributed by atoms with Gasteiger partial charge in [0, 0.05) is 11.7 Å². The Morgan fingerprint density at radius 2 is 1.90 bits per heavy atom. The monoisotopic (exact) mass is 359 g/mol. The molecule has 0 heterocycles. The van der Waals surface area contributed by atoms with Crippen LogP contribution in [0.25, 0.3) is 0 Å². The van der Waals surface area contributed by atoms with E-state index in [-0.39, 0.29) is 17.6 Å². The topological polar surface area (TPSA) is 21.3 Å². The molecule has 0 spiro atoms. The van der Waals surface area contributed by atoms with E-state index in [1.165, 1.54) is 12.1 Å². The van der Waals surface area contributed by atoms with E-state index in [1.54, 1.807) is 30.3 Å². The lowest BCUT2D eigenvalue weighted by molar-refractivity contribution is -0.0498. The van der Waals surface area contributed by atoms with Crippen LogP contribution in [0.15, 0.2) is 46.9 Å². The summed E-state index contributed by atoms with van der Waals surface area (Å²) >= 11 is 3.11. The largest absolute Gasteiger partial charge is 0.435 e. The summed E-state index contributed by atoms with van der Waals surface area (Å²) in [7, 11) is 0. The molecule has 2 nitrogen and oxygen atoms in total. The van der Waals surface area contributed by atoms with Crippen molar-refractivity contribution in [1.29, 1.82) is 0 Å². The van der Waals surface area contributed by atoms with E-state index in [0.29, 0.717) is 4.47 Å². The molecule has 0 aliphatic carbocycles. The van der Waals surface area contributed by atoms with Gasteiger partial charge < -0.3 is 10.1 Å². The van der Waals surface area contributed by atoms with Crippen LogP contribution in [-0.2, 0) is 0 Å². The van der Waals surface area contributed by atoms with Gasteiger partial charge in [-0.25, -0.2) is 4.39 Å². The van der Waals surface area contributed by atoms with Crippen molar-refractivity contribution in [3.8, 4) is 5.75 Å². The number of anilines is 1. The number of hydrogen-bond donors (Lipinski definition) is 1. The third-order valence-electron chi connectivity index (χ3n) is 2.89. The van der Waals surface area contributed by atoms with Gasteiger partial charge in [-0.05, 0) is 58.7 Å². The molecule has 0 saturated carbocycles. The lowest BCUT2D eigenvalue weighted by atomic mass is 10.1. The predicted molar refractivity (Wildman–Crippen MR) is 79.2 cm³/mol. The van der Waals surface area contributed by atoms with E-state index in [1.807, 2.05) is 6.92 Å². The van der Waals surface area contributed by atoms with Crippen LogP contribution in [0.3, 0.4) is 0 Å². The maximum Gasteiger partial charge on any atom is 0.387 e. The molecule has 112 valence electrons. The summed E-state index contributed by atoms with van der Waals surface area (Å²) in [5, 5.41) is 3.17. The van der Waals surface area contributed by atoms with Gasteiger partial charge in [0.2, 0.25) is 0 Å². The van der Waals surface area contributed by atoms with E-state index in [4.69, 9.17) is 0 Å². The Morgan fingerprint density at radius 3 is 2.57 bits per heavy atom. The maximum atomic E-state index is 13.2. The summed E-state index contributed by atoms with van der Waals surface area (Å²) < 4.78 is 42.3. The zero-order chi connectivity index (χ0) is 15.4. The number of alkyl halides is 2. The highest BCUT2D eigenvalue weighted by atomic mass is 79.9. The Labute approximate surface area is 129 Å². The van der Waals surface area contributed by atoms with Crippen molar-refractivity contribution in [2.75, 3.05) is 5.32 Å². The van der Waals surface area contributed by atoms with Gasteiger partial charge in [0.15, 0.2) is 0 Å². The lowest BCUT2D eigenvalue weighted by Gasteiger charge is -2.17. The molecule has 2 rings (SSSR count). The van der Waals surface area contributed by atoms with E-state index in [0.717, 1.165) is 11.3 Å². The van der Waals surface area contributed by atoms with Crippen molar-refractivity contribution >= 4 is 21.6 Å². The van der Waals surface area contributed by atoms with E-state index < -0.39 is 6.61 Å². The van der Waals surface area contributed by atoms with Crippen LogP contribution in [-0.4, -0.2) is 6.61 Å². The van der Waals surface area contributed by atoms with Gasteiger partial charge in [-0.3, -0.25) is 0 Å². The summed E-state index contributed by atoms with van der Waals surface area (Å²) in [6.07, 6.45) is 0. The van der Waals surface area contributed by atoms with Crippen molar-refractivity contribution < 1.29 is 17.9 Å². The predicted octanol–water partition coefficient (Wildman–Crippen LogP) is 5.36. The molecule has 21 heavy (non-hydrogen) atoms. The second-order valence-corrected chi connectivity index (χ2v) is 5.30. The maximum absolute atomic E-state index is 13.2. The van der Waals surface area contributed by atoms with Crippen LogP contribution in [0, 0.1) is 5.82 Å². The number of nitrogens with one attached hydrogen (secondary N) is 1. The Hall–Kier alpha value is -1.69. The molecule has 0 aromatic heterocycles. The zero-order valence-corrected chi connectivity index (χ0v) is 12.7. The van der Waals surface area contributed by atoms with Gasteiger partial charge in [0.1, 0.15) is 11.6 Å². The normalized spacial score (nSPS) is 12.3. The molecule has 0 fully saturated rings. The van der Waals surface area contributed by atoms with Gasteiger partial charge in [-0.15, -0.1) is 0 Å². The first kappa shape index (κ1) is 15.7. The summed E-state index contributed by atoms with van der Waals surface area (Å²) in [5.41, 5.74) is 1.50. The van der Waals surface area contributed by atoms with Crippen LogP contribution < -0.4 is 10.1 Å². The molecule has 0 aliphatic rings. The van der Waals surface area contributed by atoms with Crippen LogP contribution in [0.4, 0.5) is 18.9 Å². The molecule has 2 aromatic rings. The van der Waals surface area contributed by atoms with Crippen LogP contribution in [0.2, 0.25) is 0 Å². The molecule has 6 heteroatoms. The van der Waals surface area contributed by atoms with E-state index in [2.05, 4.69) is 26.0 Å². The van der Waals surface area contributed by atoms with Crippen LogP contribution >= 0.6 is 15.9 Å². The Kier molecular flexibility index (Phi) is 5.12. The van der Waals surface area contributed by atoms with Gasteiger partial charge in [-0.2, -0.15) is 8.78 Å². The second-order valence-electron chi connectivity index (χ2n) is 4.45. The minimum atomic E-state index is -2.85. The van der Waals surface area contributed by atoms with Crippen molar-refractivity contribution in [2.45, 2.75) is 19.6 Å². The standard InChI is InChI=1S/C15H13BrF3NO/c1-9(20-11-5-6-14(17)13(16)8-11)10-3-2-4-12(7-10)21-15(18)19/h2-9,15,20H,1H3. The van der Waals surface area contributed by atoms with Crippen molar-refractivity contribution in [3.05, 3.63) is 58.3 Å². The fraction of sp³-hybridized carbons (Fsp3) is 0.200. The first-order valence-corrected chi connectivity index (χ1v) is 7.01. The molecule has 0 bridgehead atoms. The SMILES string of the molecule is CC(Nc1ccc(F)c(Br)c1)c1cccc(OC(F)F)c1. The second kappa shape index (κ2) is 6.85. The summed E-state index contributed by atoms with van der Waals surface area (Å²) in [6.45, 7) is -0.977.